The number of aromatic hydroxyl groups is 1. The van der Waals surface area contributed by atoms with E-state index in [1.165, 1.54) is 4.90 Å². The van der Waals surface area contributed by atoms with Crippen LogP contribution in [0.2, 0.25) is 5.02 Å². The van der Waals surface area contributed by atoms with Crippen LogP contribution in [-0.4, -0.2) is 83.3 Å². The summed E-state index contributed by atoms with van der Waals surface area (Å²) < 4.78 is 28.5. The van der Waals surface area contributed by atoms with Gasteiger partial charge in [0.05, 0.1) is 11.6 Å². The molecule has 2 N–H and O–H groups in total. The Morgan fingerprint density at radius 1 is 1.16 bits per heavy atom. The lowest BCUT2D eigenvalue weighted by Crippen LogP contribution is -2.49. The number of piperazine rings is 1. The van der Waals surface area contributed by atoms with E-state index in [1.54, 1.807) is 6.20 Å². The smallest absolute Gasteiger partial charge is 0.330 e. The lowest BCUT2D eigenvalue weighted by atomic mass is 10.1. The Hall–Kier alpha value is -2.76. The van der Waals surface area contributed by atoms with E-state index in [1.807, 2.05) is 0 Å². The summed E-state index contributed by atoms with van der Waals surface area (Å²) in [6.45, 7) is 6.31. The highest BCUT2D eigenvalue weighted by molar-refractivity contribution is 6.34. The molecule has 2 amide bonds. The topological polar surface area (TPSA) is 88.1 Å². The zero-order valence-electron chi connectivity index (χ0n) is 20.9. The van der Waals surface area contributed by atoms with Crippen molar-refractivity contribution in [1.82, 2.24) is 19.8 Å². The number of carbonyl (C=O) groups excluding carboxylic acids is 1. The highest BCUT2D eigenvalue weighted by atomic mass is 35.5. The number of aromatic nitrogens is 2. The first kappa shape index (κ1) is 25.9. The monoisotopic (exact) mass is 535 g/mol. The Bertz CT molecular complexity index is 1160. The Kier molecular flexibility index (Phi) is 7.64. The number of amides is 2. The van der Waals surface area contributed by atoms with Gasteiger partial charge in [-0.3, -0.25) is 9.80 Å². The number of fused-ring (bicyclic) bond motifs is 1. The number of unbranched alkanes of at least 4 members (excludes halogenated alkanes) is 2. The molecule has 0 unspecified atom stereocenters. The first-order valence-electron chi connectivity index (χ1n) is 12.8. The molecular weight excluding hydrogens is 504 g/mol. The van der Waals surface area contributed by atoms with Crippen LogP contribution in [0.4, 0.5) is 31.0 Å². The summed E-state index contributed by atoms with van der Waals surface area (Å²) in [5.41, 5.74) is 0.254. The standard InChI is InChI=1S/C25H32ClF2N7O2/c1-32-9-11-33(12-10-32)8-4-2-3-7-29-24-30-14-16-15-34(21-18(26)13-19(27)22(36)20(21)28)25(37)35(17-5-6-17)23(16)31-24/h13-14,17,36H,2-12,15H2,1H3,(H,29,30,31). The fourth-order valence-corrected chi connectivity index (χ4v) is 5.11. The molecule has 0 radical (unpaired) electrons. The van der Waals surface area contributed by atoms with Gasteiger partial charge in [0.2, 0.25) is 5.95 Å². The molecule has 2 aliphatic heterocycles. The molecule has 1 aromatic carbocycles. The summed E-state index contributed by atoms with van der Waals surface area (Å²) in [5, 5.41) is 12.7. The van der Waals surface area contributed by atoms with Crippen molar-refractivity contribution in [3.05, 3.63) is 34.5 Å². The van der Waals surface area contributed by atoms with Crippen molar-refractivity contribution in [3.63, 3.8) is 0 Å². The summed E-state index contributed by atoms with van der Waals surface area (Å²) in [6.07, 6.45) is 6.44. The minimum absolute atomic E-state index is 0.0499. The molecule has 1 saturated carbocycles. The molecule has 1 aliphatic carbocycles. The molecule has 12 heteroatoms. The summed E-state index contributed by atoms with van der Waals surface area (Å²) in [7, 11) is 2.16. The molecular formula is C25H32ClF2N7O2. The third-order valence-corrected chi connectivity index (χ3v) is 7.46. The third-order valence-electron chi connectivity index (χ3n) is 7.17. The van der Waals surface area contributed by atoms with Crippen molar-refractivity contribution in [3.8, 4) is 5.75 Å². The molecule has 9 nitrogen and oxygen atoms in total. The molecule has 3 aliphatic rings. The summed E-state index contributed by atoms with van der Waals surface area (Å²) in [5.74, 6) is -2.71. The van der Waals surface area contributed by atoms with Crippen molar-refractivity contribution >= 4 is 35.1 Å². The van der Waals surface area contributed by atoms with Gasteiger partial charge in [-0.1, -0.05) is 18.0 Å². The van der Waals surface area contributed by atoms with E-state index >= 15 is 0 Å². The van der Waals surface area contributed by atoms with Crippen LogP contribution in [0.5, 0.6) is 5.75 Å². The molecule has 2 fully saturated rings. The highest BCUT2D eigenvalue weighted by Crippen LogP contribution is 2.43. The average Bonchev–Trinajstić information content (AvgIpc) is 3.71. The number of carbonyl (C=O) groups is 1. The summed E-state index contributed by atoms with van der Waals surface area (Å²) in [4.78, 5) is 29.9. The number of hydrogen-bond donors (Lipinski definition) is 2. The van der Waals surface area contributed by atoms with Gasteiger partial charge in [-0.2, -0.15) is 4.98 Å². The van der Waals surface area contributed by atoms with E-state index in [9.17, 15) is 18.7 Å². The van der Waals surface area contributed by atoms with E-state index in [2.05, 4.69) is 32.1 Å². The average molecular weight is 536 g/mol. The van der Waals surface area contributed by atoms with Crippen molar-refractivity contribution in [2.75, 3.05) is 61.4 Å². The van der Waals surface area contributed by atoms with Crippen LogP contribution in [0.3, 0.4) is 0 Å². The fourth-order valence-electron chi connectivity index (χ4n) is 4.82. The third kappa shape index (κ3) is 5.58. The second kappa shape index (κ2) is 10.9. The van der Waals surface area contributed by atoms with Crippen LogP contribution < -0.4 is 15.1 Å². The van der Waals surface area contributed by atoms with Gasteiger partial charge in [0, 0.05) is 50.5 Å². The van der Waals surface area contributed by atoms with Gasteiger partial charge in [-0.25, -0.2) is 18.6 Å². The van der Waals surface area contributed by atoms with Crippen molar-refractivity contribution in [2.24, 2.45) is 0 Å². The number of hydrogen-bond acceptors (Lipinski definition) is 7. The molecule has 3 heterocycles. The number of nitrogens with one attached hydrogen (secondary N) is 1. The zero-order chi connectivity index (χ0) is 26.1. The molecule has 200 valence electrons. The summed E-state index contributed by atoms with van der Waals surface area (Å²) in [6, 6.07) is 0.214. The molecule has 5 rings (SSSR count). The van der Waals surface area contributed by atoms with E-state index in [0.29, 0.717) is 17.3 Å². The number of rotatable bonds is 9. The summed E-state index contributed by atoms with van der Waals surface area (Å²) >= 11 is 6.09. The zero-order valence-corrected chi connectivity index (χ0v) is 21.6. The molecule has 1 aromatic heterocycles. The molecule has 0 bridgehead atoms. The highest BCUT2D eigenvalue weighted by Gasteiger charge is 2.43. The first-order valence-corrected chi connectivity index (χ1v) is 13.2. The van der Waals surface area contributed by atoms with Gasteiger partial charge in [-0.15, -0.1) is 0 Å². The van der Waals surface area contributed by atoms with Gasteiger partial charge >= 0.3 is 6.03 Å². The maximum atomic E-state index is 14.8. The second-order valence-corrected chi connectivity index (χ2v) is 10.4. The van der Waals surface area contributed by atoms with Crippen molar-refractivity contribution in [1.29, 1.82) is 0 Å². The van der Waals surface area contributed by atoms with Gasteiger partial charge in [0.1, 0.15) is 11.5 Å². The van der Waals surface area contributed by atoms with Crippen molar-refractivity contribution in [2.45, 2.75) is 44.7 Å². The fraction of sp³-hybridized carbons (Fsp3) is 0.560. The van der Waals surface area contributed by atoms with Gasteiger partial charge in [-0.05, 0) is 45.3 Å². The quantitative estimate of drug-likeness (QED) is 0.468. The van der Waals surface area contributed by atoms with E-state index in [-0.39, 0.29) is 23.3 Å². The van der Waals surface area contributed by atoms with Gasteiger partial charge < -0.3 is 20.2 Å². The SMILES string of the molecule is CN1CCN(CCCCCNc2ncc3c(n2)N(C2CC2)C(=O)N(c2c(Cl)cc(F)c(O)c2F)C3)CC1. The number of nitrogens with zero attached hydrogens (tertiary/aromatic N) is 6. The Balaban J connectivity index is 1.22. The Morgan fingerprint density at radius 3 is 2.65 bits per heavy atom. The molecule has 2 aromatic rings. The van der Waals surface area contributed by atoms with E-state index in [4.69, 9.17) is 11.6 Å². The van der Waals surface area contributed by atoms with Gasteiger partial charge in [0.25, 0.3) is 0 Å². The van der Waals surface area contributed by atoms with Crippen LogP contribution in [0.1, 0.15) is 37.7 Å². The number of anilines is 3. The van der Waals surface area contributed by atoms with E-state index in [0.717, 1.165) is 82.3 Å². The Morgan fingerprint density at radius 2 is 1.92 bits per heavy atom. The van der Waals surface area contributed by atoms with Crippen LogP contribution in [0.25, 0.3) is 0 Å². The number of likely N-dealkylation sites (N-methyl/N-ethyl adjacent to an activating group) is 1. The number of benzene rings is 1. The van der Waals surface area contributed by atoms with Crippen LogP contribution in [-0.2, 0) is 6.54 Å². The number of halogens is 3. The molecule has 37 heavy (non-hydrogen) atoms. The van der Waals surface area contributed by atoms with Crippen LogP contribution in [0, 0.1) is 11.6 Å². The number of phenols is 1. The first-order chi connectivity index (χ1) is 17.8. The molecule has 0 spiro atoms. The van der Waals surface area contributed by atoms with Gasteiger partial charge in [0.15, 0.2) is 17.4 Å². The normalized spacial score (nSPS) is 18.9. The molecule has 1 saturated heterocycles. The van der Waals surface area contributed by atoms with Crippen LogP contribution >= 0.6 is 11.6 Å². The Labute approximate surface area is 220 Å². The van der Waals surface area contributed by atoms with Crippen LogP contribution in [0.15, 0.2) is 12.3 Å². The largest absolute Gasteiger partial charge is 0.503 e. The minimum atomic E-state index is -1.27. The minimum Gasteiger partial charge on any atom is -0.503 e. The maximum absolute atomic E-state index is 14.8. The molecule has 0 atom stereocenters. The lowest BCUT2D eigenvalue weighted by molar-refractivity contribution is 0.152. The lowest BCUT2D eigenvalue weighted by Gasteiger charge is -2.36. The number of phenolic OH excluding ortho intramolecular Hbond substituents is 1. The predicted molar refractivity (Wildman–Crippen MR) is 138 cm³/mol. The maximum Gasteiger partial charge on any atom is 0.330 e. The van der Waals surface area contributed by atoms with Crippen molar-refractivity contribution < 1.29 is 18.7 Å². The second-order valence-electron chi connectivity index (χ2n) is 10.00. The van der Waals surface area contributed by atoms with E-state index < -0.39 is 23.4 Å². The predicted octanol–water partition coefficient (Wildman–Crippen LogP) is 4.05. The number of urea groups is 1.